The molecule has 0 bridgehead atoms. The van der Waals surface area contributed by atoms with Crippen molar-refractivity contribution in [3.8, 4) is 11.5 Å². The molecule has 0 saturated carbocycles. The summed E-state index contributed by atoms with van der Waals surface area (Å²) in [5, 5.41) is 7.26. The molecule has 0 radical (unpaired) electrons. The van der Waals surface area contributed by atoms with Crippen LogP contribution in [-0.2, 0) is 4.79 Å². The molecule has 31 heavy (non-hydrogen) atoms. The fraction of sp³-hybridized carbons (Fsp3) is 0.0870. The van der Waals surface area contributed by atoms with Crippen LogP contribution in [-0.4, -0.2) is 31.7 Å². The van der Waals surface area contributed by atoms with Crippen molar-refractivity contribution in [3.63, 3.8) is 0 Å². The van der Waals surface area contributed by atoms with E-state index in [-0.39, 0.29) is 18.4 Å². The van der Waals surface area contributed by atoms with Gasteiger partial charge in [-0.15, -0.1) is 0 Å². The van der Waals surface area contributed by atoms with Gasteiger partial charge in [-0.25, -0.2) is 5.43 Å². The van der Waals surface area contributed by atoms with Crippen LogP contribution in [0.25, 0.3) is 0 Å². The predicted octanol–water partition coefficient (Wildman–Crippen LogP) is 4.13. The Morgan fingerprint density at radius 3 is 2.45 bits per heavy atom. The summed E-state index contributed by atoms with van der Waals surface area (Å²) in [6.45, 7) is -0.132. The highest BCUT2D eigenvalue weighted by Gasteiger charge is 2.06. The normalized spacial score (nSPS) is 10.5. The van der Waals surface area contributed by atoms with Gasteiger partial charge in [0.1, 0.15) is 11.5 Å². The van der Waals surface area contributed by atoms with Crippen LogP contribution in [0.3, 0.4) is 0 Å². The Kier molecular flexibility index (Phi) is 7.61. The van der Waals surface area contributed by atoms with Gasteiger partial charge >= 0.3 is 0 Å². The van der Waals surface area contributed by atoms with Gasteiger partial charge in [-0.3, -0.25) is 9.59 Å². The average molecular weight is 438 g/mol. The number of halogens is 1. The molecule has 3 aromatic rings. The molecule has 0 saturated heterocycles. The molecule has 0 spiro atoms. The van der Waals surface area contributed by atoms with Crippen LogP contribution in [0.1, 0.15) is 15.9 Å². The number of methoxy groups -OCH3 is 1. The van der Waals surface area contributed by atoms with E-state index in [1.165, 1.54) is 13.3 Å². The number of ether oxygens (including phenoxy) is 2. The molecule has 3 aromatic carbocycles. The molecule has 0 aromatic heterocycles. The minimum atomic E-state index is -0.346. The van der Waals surface area contributed by atoms with Crippen LogP contribution in [0.4, 0.5) is 5.69 Å². The van der Waals surface area contributed by atoms with Gasteiger partial charge in [-0.1, -0.05) is 17.7 Å². The molecule has 7 nitrogen and oxygen atoms in total. The maximum Gasteiger partial charge on any atom is 0.271 e. The lowest BCUT2D eigenvalue weighted by Crippen LogP contribution is -2.20. The number of nitrogens with one attached hydrogen (secondary N) is 2. The molecule has 158 valence electrons. The minimum absolute atomic E-state index is 0.132. The summed E-state index contributed by atoms with van der Waals surface area (Å²) in [5.41, 5.74) is 4.30. The summed E-state index contributed by atoms with van der Waals surface area (Å²) < 4.78 is 10.6. The molecule has 0 fully saturated rings. The molecular formula is C23H20ClN3O4. The van der Waals surface area contributed by atoms with E-state index in [0.717, 1.165) is 5.56 Å². The zero-order valence-electron chi connectivity index (χ0n) is 16.7. The monoisotopic (exact) mass is 437 g/mol. The zero-order chi connectivity index (χ0) is 22.1. The molecule has 0 aliphatic heterocycles. The molecular weight excluding hydrogens is 418 g/mol. The van der Waals surface area contributed by atoms with Crippen molar-refractivity contribution in [2.24, 2.45) is 5.10 Å². The lowest BCUT2D eigenvalue weighted by molar-refractivity contribution is -0.118. The van der Waals surface area contributed by atoms with Crippen molar-refractivity contribution in [3.05, 3.63) is 88.9 Å². The highest BCUT2D eigenvalue weighted by atomic mass is 35.5. The number of hydrogen-bond donors (Lipinski definition) is 2. The van der Waals surface area contributed by atoms with E-state index in [2.05, 4.69) is 15.8 Å². The molecule has 2 amide bonds. The lowest BCUT2D eigenvalue weighted by atomic mass is 10.2. The molecule has 3 rings (SSSR count). The Labute approximate surface area is 184 Å². The summed E-state index contributed by atoms with van der Waals surface area (Å²) in [6, 6.07) is 20.5. The maximum atomic E-state index is 12.1. The summed E-state index contributed by atoms with van der Waals surface area (Å²) in [5.74, 6) is 0.493. The quantitative estimate of drug-likeness (QED) is 0.409. The number of amides is 2. The zero-order valence-corrected chi connectivity index (χ0v) is 17.4. The van der Waals surface area contributed by atoms with Crippen LogP contribution in [0.2, 0.25) is 5.02 Å². The number of hydrogen-bond acceptors (Lipinski definition) is 5. The SMILES string of the molecule is COc1cccc(C(=O)N/N=C/c2ccc(OCC(=O)Nc3ccc(Cl)cc3)cc2)c1. The smallest absolute Gasteiger partial charge is 0.271 e. The fourth-order valence-electron chi connectivity index (χ4n) is 2.52. The number of rotatable bonds is 8. The Hall–Kier alpha value is -3.84. The van der Waals surface area contributed by atoms with Gasteiger partial charge in [0.25, 0.3) is 11.8 Å². The fourth-order valence-corrected chi connectivity index (χ4v) is 2.65. The van der Waals surface area contributed by atoms with E-state index in [1.54, 1.807) is 72.8 Å². The number of carbonyl (C=O) groups is 2. The van der Waals surface area contributed by atoms with Gasteiger partial charge in [-0.05, 0) is 72.3 Å². The van der Waals surface area contributed by atoms with Gasteiger partial charge < -0.3 is 14.8 Å². The van der Waals surface area contributed by atoms with Crippen molar-refractivity contribution in [2.45, 2.75) is 0 Å². The van der Waals surface area contributed by atoms with E-state index in [9.17, 15) is 9.59 Å². The Morgan fingerprint density at radius 1 is 1.00 bits per heavy atom. The van der Waals surface area contributed by atoms with E-state index >= 15 is 0 Å². The third kappa shape index (κ3) is 6.87. The topological polar surface area (TPSA) is 89.0 Å². The third-order valence-electron chi connectivity index (χ3n) is 4.09. The van der Waals surface area contributed by atoms with Gasteiger partial charge in [0.05, 0.1) is 13.3 Å². The highest BCUT2D eigenvalue weighted by molar-refractivity contribution is 6.30. The lowest BCUT2D eigenvalue weighted by Gasteiger charge is -2.08. The molecule has 8 heteroatoms. The van der Waals surface area contributed by atoms with E-state index in [4.69, 9.17) is 21.1 Å². The second-order valence-corrected chi connectivity index (χ2v) is 6.78. The standard InChI is InChI=1S/C23H20ClN3O4/c1-30-21-4-2-3-17(13-21)23(29)27-25-14-16-5-11-20(12-6-16)31-15-22(28)26-19-9-7-18(24)8-10-19/h2-14H,15H2,1H3,(H,26,28)(H,27,29)/b25-14+. The van der Waals surface area contributed by atoms with Crippen LogP contribution in [0.5, 0.6) is 11.5 Å². The molecule has 2 N–H and O–H groups in total. The molecule has 0 aliphatic carbocycles. The Bertz CT molecular complexity index is 1070. The van der Waals surface area contributed by atoms with Crippen molar-refractivity contribution in [1.29, 1.82) is 0 Å². The molecule has 0 unspecified atom stereocenters. The number of benzene rings is 3. The first-order valence-corrected chi connectivity index (χ1v) is 9.67. The van der Waals surface area contributed by atoms with Crippen molar-refractivity contribution >= 4 is 35.3 Å². The van der Waals surface area contributed by atoms with E-state index in [0.29, 0.717) is 27.8 Å². The van der Waals surface area contributed by atoms with Gasteiger partial charge in [0, 0.05) is 16.3 Å². The van der Waals surface area contributed by atoms with E-state index in [1.807, 2.05) is 0 Å². The predicted molar refractivity (Wildman–Crippen MR) is 120 cm³/mol. The van der Waals surface area contributed by atoms with Crippen molar-refractivity contribution < 1.29 is 19.1 Å². The molecule has 0 heterocycles. The number of carbonyl (C=O) groups excluding carboxylic acids is 2. The molecule has 0 atom stereocenters. The largest absolute Gasteiger partial charge is 0.497 e. The first-order chi connectivity index (χ1) is 15.0. The summed E-state index contributed by atoms with van der Waals surface area (Å²) >= 11 is 5.82. The second-order valence-electron chi connectivity index (χ2n) is 6.34. The van der Waals surface area contributed by atoms with Gasteiger partial charge in [0.2, 0.25) is 0 Å². The average Bonchev–Trinajstić information content (AvgIpc) is 2.80. The Morgan fingerprint density at radius 2 is 1.74 bits per heavy atom. The first kappa shape index (κ1) is 21.9. The van der Waals surface area contributed by atoms with Crippen LogP contribution >= 0.6 is 11.6 Å². The first-order valence-electron chi connectivity index (χ1n) is 9.29. The van der Waals surface area contributed by atoms with Crippen molar-refractivity contribution in [1.82, 2.24) is 5.43 Å². The number of nitrogens with zero attached hydrogens (tertiary/aromatic N) is 1. The summed E-state index contributed by atoms with van der Waals surface area (Å²) in [6.07, 6.45) is 1.51. The number of hydrazone groups is 1. The molecule has 0 aliphatic rings. The van der Waals surface area contributed by atoms with Gasteiger partial charge in [0.15, 0.2) is 6.61 Å². The highest BCUT2D eigenvalue weighted by Crippen LogP contribution is 2.15. The summed E-state index contributed by atoms with van der Waals surface area (Å²) in [7, 11) is 1.54. The van der Waals surface area contributed by atoms with Crippen LogP contribution in [0.15, 0.2) is 77.9 Å². The van der Waals surface area contributed by atoms with Crippen LogP contribution in [0, 0.1) is 0 Å². The minimum Gasteiger partial charge on any atom is -0.497 e. The van der Waals surface area contributed by atoms with E-state index < -0.39 is 0 Å². The summed E-state index contributed by atoms with van der Waals surface area (Å²) in [4.78, 5) is 24.1. The second kappa shape index (κ2) is 10.8. The Balaban J connectivity index is 1.46. The van der Waals surface area contributed by atoms with Crippen molar-refractivity contribution in [2.75, 3.05) is 19.0 Å². The maximum absolute atomic E-state index is 12.1. The third-order valence-corrected chi connectivity index (χ3v) is 4.34. The van der Waals surface area contributed by atoms with Gasteiger partial charge in [-0.2, -0.15) is 5.10 Å². The number of anilines is 1. The van der Waals surface area contributed by atoms with Crippen LogP contribution < -0.4 is 20.2 Å².